The summed E-state index contributed by atoms with van der Waals surface area (Å²) in [6, 6.07) is 12.2. The van der Waals surface area contributed by atoms with Crippen LogP contribution < -0.4 is 14.8 Å². The third-order valence-corrected chi connectivity index (χ3v) is 4.43. The molecule has 0 spiro atoms. The fourth-order valence-electron chi connectivity index (χ4n) is 2.72. The van der Waals surface area contributed by atoms with E-state index >= 15 is 0 Å². The molecular formula is C23H33Cl2NO3. The van der Waals surface area contributed by atoms with Crippen LogP contribution in [0.25, 0.3) is 0 Å². The largest absolute Gasteiger partial charge is 0.490 e. The molecule has 2 rings (SSSR count). The lowest BCUT2D eigenvalue weighted by atomic mass is 10.1. The highest BCUT2D eigenvalue weighted by Gasteiger charge is 2.13. The number of benzene rings is 2. The Labute approximate surface area is 186 Å². The van der Waals surface area contributed by atoms with Crippen molar-refractivity contribution in [2.24, 2.45) is 0 Å². The van der Waals surface area contributed by atoms with Crippen molar-refractivity contribution < 1.29 is 14.2 Å². The standard InChI is InChI=1S/C23H32ClNO3.ClH/c1-5-26-22-14-20(15-25-11-6-12-27-17(2)3)13-21(24)23(22)28-16-19-9-7-18(4)8-10-19;/h7-10,13-14,17,25H,5-6,11-12,15-16H2,1-4H3;1H. The Hall–Kier alpha value is -1.46. The van der Waals surface area contributed by atoms with Crippen LogP contribution in [0.2, 0.25) is 5.02 Å². The van der Waals surface area contributed by atoms with E-state index < -0.39 is 0 Å². The Morgan fingerprint density at radius 3 is 2.41 bits per heavy atom. The first-order valence-electron chi connectivity index (χ1n) is 9.95. The van der Waals surface area contributed by atoms with Gasteiger partial charge in [-0.25, -0.2) is 0 Å². The SMILES string of the molecule is CCOc1cc(CNCCCOC(C)C)cc(Cl)c1OCc1ccc(C)cc1.Cl. The number of hydrogen-bond donors (Lipinski definition) is 1. The lowest BCUT2D eigenvalue weighted by molar-refractivity contribution is 0.0770. The summed E-state index contributed by atoms with van der Waals surface area (Å²) in [6.45, 7) is 11.5. The van der Waals surface area contributed by atoms with Crippen molar-refractivity contribution in [2.75, 3.05) is 19.8 Å². The van der Waals surface area contributed by atoms with Gasteiger partial charge in [-0.15, -0.1) is 12.4 Å². The molecule has 1 N–H and O–H groups in total. The molecule has 29 heavy (non-hydrogen) atoms. The second-order valence-electron chi connectivity index (χ2n) is 7.06. The fourth-order valence-corrected chi connectivity index (χ4v) is 3.00. The fraction of sp³-hybridized carbons (Fsp3) is 0.478. The molecule has 2 aromatic carbocycles. The Balaban J connectivity index is 0.00000420. The van der Waals surface area contributed by atoms with Crippen molar-refractivity contribution in [3.63, 3.8) is 0 Å². The van der Waals surface area contributed by atoms with E-state index in [1.807, 2.05) is 32.9 Å². The smallest absolute Gasteiger partial charge is 0.180 e. The van der Waals surface area contributed by atoms with Crippen LogP contribution >= 0.6 is 24.0 Å². The third-order valence-electron chi connectivity index (χ3n) is 4.15. The summed E-state index contributed by atoms with van der Waals surface area (Å²) >= 11 is 6.51. The first-order chi connectivity index (χ1) is 13.5. The van der Waals surface area contributed by atoms with Crippen LogP contribution in [0.4, 0.5) is 0 Å². The quantitative estimate of drug-likeness (QED) is 0.412. The van der Waals surface area contributed by atoms with Gasteiger partial charge in [0.25, 0.3) is 0 Å². The van der Waals surface area contributed by atoms with Gasteiger partial charge >= 0.3 is 0 Å². The summed E-state index contributed by atoms with van der Waals surface area (Å²) in [7, 11) is 0. The predicted molar refractivity (Wildman–Crippen MR) is 123 cm³/mol. The monoisotopic (exact) mass is 441 g/mol. The van der Waals surface area contributed by atoms with E-state index in [1.54, 1.807) is 0 Å². The molecule has 0 amide bonds. The van der Waals surface area contributed by atoms with Crippen LogP contribution in [0.5, 0.6) is 11.5 Å². The van der Waals surface area contributed by atoms with Gasteiger partial charge in [-0.05, 0) is 63.9 Å². The molecule has 0 atom stereocenters. The molecule has 0 aliphatic rings. The molecule has 0 bridgehead atoms. The zero-order chi connectivity index (χ0) is 20.4. The molecule has 0 unspecified atom stereocenters. The molecule has 0 saturated heterocycles. The van der Waals surface area contributed by atoms with E-state index in [4.69, 9.17) is 25.8 Å². The molecular weight excluding hydrogens is 409 g/mol. The van der Waals surface area contributed by atoms with Crippen LogP contribution in [-0.2, 0) is 17.9 Å². The lowest BCUT2D eigenvalue weighted by Crippen LogP contribution is -2.17. The van der Waals surface area contributed by atoms with E-state index in [1.165, 1.54) is 5.56 Å². The van der Waals surface area contributed by atoms with Gasteiger partial charge in [-0.2, -0.15) is 0 Å². The summed E-state index contributed by atoms with van der Waals surface area (Å²) in [6.07, 6.45) is 1.25. The Kier molecular flexibility index (Phi) is 12.1. The highest BCUT2D eigenvalue weighted by atomic mass is 35.5. The maximum atomic E-state index is 6.51. The van der Waals surface area contributed by atoms with Gasteiger partial charge in [-0.1, -0.05) is 41.4 Å². The molecule has 4 nitrogen and oxygen atoms in total. The lowest BCUT2D eigenvalue weighted by Gasteiger charge is -2.16. The third kappa shape index (κ3) is 9.26. The normalized spacial score (nSPS) is 10.7. The highest BCUT2D eigenvalue weighted by Crippen LogP contribution is 2.37. The molecule has 0 saturated carbocycles. The van der Waals surface area contributed by atoms with Gasteiger partial charge in [0, 0.05) is 13.2 Å². The van der Waals surface area contributed by atoms with Crippen molar-refractivity contribution >= 4 is 24.0 Å². The second kappa shape index (κ2) is 13.7. The predicted octanol–water partition coefficient (Wildman–Crippen LogP) is 5.95. The van der Waals surface area contributed by atoms with Gasteiger partial charge < -0.3 is 19.5 Å². The Morgan fingerprint density at radius 2 is 1.76 bits per heavy atom. The molecule has 0 radical (unpaired) electrons. The van der Waals surface area contributed by atoms with Crippen molar-refractivity contribution in [3.05, 3.63) is 58.1 Å². The van der Waals surface area contributed by atoms with Crippen molar-refractivity contribution in [1.82, 2.24) is 5.32 Å². The van der Waals surface area contributed by atoms with E-state index in [0.29, 0.717) is 29.7 Å². The average molecular weight is 442 g/mol. The number of ether oxygens (including phenoxy) is 3. The second-order valence-corrected chi connectivity index (χ2v) is 7.47. The molecule has 6 heteroatoms. The number of rotatable bonds is 12. The molecule has 0 aliphatic carbocycles. The number of halogens is 2. The van der Waals surface area contributed by atoms with Gasteiger partial charge in [0.1, 0.15) is 6.61 Å². The minimum absolute atomic E-state index is 0. The summed E-state index contributed by atoms with van der Waals surface area (Å²) < 4.78 is 17.3. The van der Waals surface area contributed by atoms with E-state index in [0.717, 1.165) is 37.2 Å². The van der Waals surface area contributed by atoms with Gasteiger partial charge in [0.15, 0.2) is 11.5 Å². The van der Waals surface area contributed by atoms with Crippen LogP contribution in [-0.4, -0.2) is 25.9 Å². The average Bonchev–Trinajstić information content (AvgIpc) is 2.65. The van der Waals surface area contributed by atoms with Crippen LogP contribution in [0, 0.1) is 6.92 Å². The van der Waals surface area contributed by atoms with Crippen molar-refractivity contribution in [1.29, 1.82) is 0 Å². The maximum Gasteiger partial charge on any atom is 0.180 e. The zero-order valence-electron chi connectivity index (χ0n) is 17.8. The Bertz CT molecular complexity index is 721. The topological polar surface area (TPSA) is 39.7 Å². The van der Waals surface area contributed by atoms with Crippen molar-refractivity contribution in [3.8, 4) is 11.5 Å². The summed E-state index contributed by atoms with van der Waals surface area (Å²) in [5, 5.41) is 3.99. The number of nitrogens with one attached hydrogen (secondary N) is 1. The molecule has 0 fully saturated rings. The summed E-state index contributed by atoms with van der Waals surface area (Å²) in [5.74, 6) is 1.28. The van der Waals surface area contributed by atoms with Gasteiger partial charge in [0.2, 0.25) is 0 Å². The van der Waals surface area contributed by atoms with E-state index in [2.05, 4.69) is 36.5 Å². The molecule has 0 aromatic heterocycles. The summed E-state index contributed by atoms with van der Waals surface area (Å²) in [5.41, 5.74) is 3.39. The number of hydrogen-bond acceptors (Lipinski definition) is 4. The maximum absolute atomic E-state index is 6.51. The van der Waals surface area contributed by atoms with E-state index in [9.17, 15) is 0 Å². The van der Waals surface area contributed by atoms with Crippen LogP contribution in [0.1, 0.15) is 43.9 Å². The number of aryl methyl sites for hydroxylation is 1. The molecule has 162 valence electrons. The minimum Gasteiger partial charge on any atom is -0.490 e. The zero-order valence-corrected chi connectivity index (χ0v) is 19.4. The molecule has 0 aliphatic heterocycles. The van der Waals surface area contributed by atoms with Gasteiger partial charge in [0.05, 0.1) is 17.7 Å². The first kappa shape index (κ1) is 25.6. The van der Waals surface area contributed by atoms with E-state index in [-0.39, 0.29) is 18.5 Å². The van der Waals surface area contributed by atoms with Crippen molar-refractivity contribution in [2.45, 2.75) is 53.4 Å². The van der Waals surface area contributed by atoms with Crippen LogP contribution in [0.15, 0.2) is 36.4 Å². The Morgan fingerprint density at radius 1 is 1.03 bits per heavy atom. The highest BCUT2D eigenvalue weighted by molar-refractivity contribution is 6.32. The van der Waals surface area contributed by atoms with Gasteiger partial charge in [-0.3, -0.25) is 0 Å². The molecule has 2 aromatic rings. The minimum atomic E-state index is 0. The van der Waals surface area contributed by atoms with Crippen LogP contribution in [0.3, 0.4) is 0 Å². The molecule has 0 heterocycles. The first-order valence-corrected chi connectivity index (χ1v) is 10.3. The summed E-state index contributed by atoms with van der Waals surface area (Å²) in [4.78, 5) is 0.